The number of aryl methyl sites for hydroxylation is 1. The van der Waals surface area contributed by atoms with Crippen LogP contribution in [-0.2, 0) is 6.54 Å². The Labute approximate surface area is 139 Å². The predicted molar refractivity (Wildman–Crippen MR) is 94.7 cm³/mol. The topological polar surface area (TPSA) is 32.7 Å². The third kappa shape index (κ3) is 6.43. The molecule has 0 spiro atoms. The first-order valence-electron chi connectivity index (χ1n) is 8.31. The van der Waals surface area contributed by atoms with E-state index in [2.05, 4.69) is 43.0 Å². The average Bonchev–Trinajstić information content (AvgIpc) is 2.54. The van der Waals surface area contributed by atoms with E-state index in [1.165, 1.54) is 11.1 Å². The van der Waals surface area contributed by atoms with Gasteiger partial charge in [-0.05, 0) is 37.6 Å². The van der Waals surface area contributed by atoms with Crippen molar-refractivity contribution in [1.82, 2.24) is 4.90 Å². The zero-order chi connectivity index (χ0) is 16.5. The van der Waals surface area contributed by atoms with Gasteiger partial charge in [0.15, 0.2) is 0 Å². The van der Waals surface area contributed by atoms with Gasteiger partial charge in [0.2, 0.25) is 0 Å². The zero-order valence-electron chi connectivity index (χ0n) is 14.1. The van der Waals surface area contributed by atoms with Crippen LogP contribution in [0.3, 0.4) is 0 Å². The highest BCUT2D eigenvalue weighted by Gasteiger charge is 2.12. The minimum absolute atomic E-state index is 0.318. The van der Waals surface area contributed by atoms with E-state index in [9.17, 15) is 5.11 Å². The summed E-state index contributed by atoms with van der Waals surface area (Å²) in [6.45, 7) is 7.03. The summed E-state index contributed by atoms with van der Waals surface area (Å²) in [4.78, 5) is 2.29. The highest BCUT2D eigenvalue weighted by Crippen LogP contribution is 2.11. The van der Waals surface area contributed by atoms with E-state index in [0.29, 0.717) is 13.2 Å². The monoisotopic (exact) mass is 313 g/mol. The molecular weight excluding hydrogens is 286 g/mol. The Hall–Kier alpha value is -1.84. The smallest absolute Gasteiger partial charge is 0.119 e. The van der Waals surface area contributed by atoms with Crippen molar-refractivity contribution in [3.63, 3.8) is 0 Å². The molecule has 23 heavy (non-hydrogen) atoms. The molecule has 1 N–H and O–H groups in total. The second kappa shape index (κ2) is 9.33. The Morgan fingerprint density at radius 2 is 1.87 bits per heavy atom. The molecule has 0 bridgehead atoms. The van der Waals surface area contributed by atoms with Crippen molar-refractivity contribution >= 4 is 0 Å². The molecule has 2 aromatic rings. The van der Waals surface area contributed by atoms with Crippen molar-refractivity contribution in [2.24, 2.45) is 0 Å². The van der Waals surface area contributed by atoms with Crippen LogP contribution in [0, 0.1) is 6.92 Å². The highest BCUT2D eigenvalue weighted by atomic mass is 16.5. The number of rotatable bonds is 9. The van der Waals surface area contributed by atoms with Crippen LogP contribution in [0.1, 0.15) is 24.5 Å². The Bertz CT molecular complexity index is 571. The van der Waals surface area contributed by atoms with Crippen LogP contribution in [0.25, 0.3) is 0 Å². The van der Waals surface area contributed by atoms with Gasteiger partial charge >= 0.3 is 0 Å². The standard InChI is InChI=1S/C20H27NO2/c1-3-12-21(14-18-9-7-8-17(2)13-18)15-19(22)16-23-20-10-5-4-6-11-20/h4-11,13,19,22H,3,12,14-16H2,1-2H3/t19-/m1/s1. The quantitative estimate of drug-likeness (QED) is 0.767. The molecule has 0 heterocycles. The van der Waals surface area contributed by atoms with Gasteiger partial charge < -0.3 is 9.84 Å². The molecule has 2 aromatic carbocycles. The van der Waals surface area contributed by atoms with E-state index in [1.807, 2.05) is 30.3 Å². The predicted octanol–water partition coefficient (Wildman–Crippen LogP) is 3.65. The summed E-state index contributed by atoms with van der Waals surface area (Å²) < 4.78 is 5.64. The molecule has 0 aliphatic heterocycles. The Morgan fingerprint density at radius 3 is 2.57 bits per heavy atom. The lowest BCUT2D eigenvalue weighted by Gasteiger charge is -2.25. The average molecular weight is 313 g/mol. The number of para-hydroxylation sites is 1. The summed E-state index contributed by atoms with van der Waals surface area (Å²) in [7, 11) is 0. The van der Waals surface area contributed by atoms with Crippen molar-refractivity contribution < 1.29 is 9.84 Å². The molecule has 0 amide bonds. The number of aliphatic hydroxyl groups excluding tert-OH is 1. The van der Waals surface area contributed by atoms with E-state index in [-0.39, 0.29) is 0 Å². The number of hydrogen-bond acceptors (Lipinski definition) is 3. The Balaban J connectivity index is 1.85. The first-order valence-corrected chi connectivity index (χ1v) is 8.31. The van der Waals surface area contributed by atoms with Gasteiger partial charge in [0, 0.05) is 13.1 Å². The summed E-state index contributed by atoms with van der Waals surface area (Å²) in [6.07, 6.45) is 0.574. The van der Waals surface area contributed by atoms with Crippen molar-refractivity contribution in [2.75, 3.05) is 19.7 Å². The maximum absolute atomic E-state index is 10.3. The molecule has 124 valence electrons. The fourth-order valence-electron chi connectivity index (χ4n) is 2.68. The van der Waals surface area contributed by atoms with E-state index < -0.39 is 6.10 Å². The molecule has 0 fully saturated rings. The van der Waals surface area contributed by atoms with Gasteiger partial charge in [-0.2, -0.15) is 0 Å². The zero-order valence-corrected chi connectivity index (χ0v) is 14.1. The van der Waals surface area contributed by atoms with Crippen LogP contribution in [0.15, 0.2) is 54.6 Å². The van der Waals surface area contributed by atoms with Crippen LogP contribution in [-0.4, -0.2) is 35.8 Å². The minimum atomic E-state index is -0.494. The molecule has 0 aromatic heterocycles. The molecule has 2 rings (SSSR count). The summed E-state index contributed by atoms with van der Waals surface area (Å²) in [5.74, 6) is 0.798. The number of ether oxygens (including phenoxy) is 1. The molecule has 0 unspecified atom stereocenters. The van der Waals surface area contributed by atoms with Crippen molar-refractivity contribution in [3.8, 4) is 5.75 Å². The lowest BCUT2D eigenvalue weighted by molar-refractivity contribution is 0.0656. The summed E-state index contributed by atoms with van der Waals surface area (Å²) in [5.41, 5.74) is 2.56. The van der Waals surface area contributed by atoms with E-state index in [1.54, 1.807) is 0 Å². The number of hydrogen-bond donors (Lipinski definition) is 1. The fourth-order valence-corrected chi connectivity index (χ4v) is 2.68. The first-order chi connectivity index (χ1) is 11.2. The van der Waals surface area contributed by atoms with Gasteiger partial charge in [-0.3, -0.25) is 4.90 Å². The maximum atomic E-state index is 10.3. The fraction of sp³-hybridized carbons (Fsp3) is 0.400. The van der Waals surface area contributed by atoms with Crippen molar-refractivity contribution in [3.05, 3.63) is 65.7 Å². The molecule has 3 heteroatoms. The SMILES string of the molecule is CCCN(Cc1cccc(C)c1)C[C@@H](O)COc1ccccc1. The van der Waals surface area contributed by atoms with Crippen molar-refractivity contribution in [2.45, 2.75) is 32.9 Å². The van der Waals surface area contributed by atoms with E-state index in [4.69, 9.17) is 4.74 Å². The molecule has 0 radical (unpaired) electrons. The second-order valence-corrected chi connectivity index (χ2v) is 6.00. The molecule has 0 saturated carbocycles. The van der Waals surface area contributed by atoms with Gasteiger partial charge in [-0.15, -0.1) is 0 Å². The highest BCUT2D eigenvalue weighted by molar-refractivity contribution is 5.22. The van der Waals surface area contributed by atoms with Gasteiger partial charge in [0.25, 0.3) is 0 Å². The molecule has 0 aliphatic rings. The van der Waals surface area contributed by atoms with Crippen LogP contribution in [0.5, 0.6) is 5.75 Å². The minimum Gasteiger partial charge on any atom is -0.491 e. The van der Waals surface area contributed by atoms with Gasteiger partial charge in [0.1, 0.15) is 18.5 Å². The van der Waals surface area contributed by atoms with Gasteiger partial charge in [-0.1, -0.05) is 55.0 Å². The summed E-state index contributed by atoms with van der Waals surface area (Å²) in [5, 5.41) is 10.3. The lowest BCUT2D eigenvalue weighted by atomic mass is 10.1. The normalized spacial score (nSPS) is 12.3. The van der Waals surface area contributed by atoms with E-state index in [0.717, 1.165) is 25.3 Å². The molecule has 3 nitrogen and oxygen atoms in total. The first kappa shape index (κ1) is 17.5. The molecule has 1 atom stereocenters. The van der Waals surface area contributed by atoms with Crippen molar-refractivity contribution in [1.29, 1.82) is 0 Å². The second-order valence-electron chi connectivity index (χ2n) is 6.00. The summed E-state index contributed by atoms with van der Waals surface area (Å²) >= 11 is 0. The number of benzene rings is 2. The number of nitrogens with zero attached hydrogens (tertiary/aromatic N) is 1. The summed E-state index contributed by atoms with van der Waals surface area (Å²) in [6, 6.07) is 18.2. The molecule has 0 aliphatic carbocycles. The Kier molecular flexibility index (Phi) is 7.11. The lowest BCUT2D eigenvalue weighted by Crippen LogP contribution is -2.35. The largest absolute Gasteiger partial charge is 0.491 e. The van der Waals surface area contributed by atoms with Crippen LogP contribution < -0.4 is 4.74 Å². The van der Waals surface area contributed by atoms with Crippen LogP contribution in [0.4, 0.5) is 0 Å². The van der Waals surface area contributed by atoms with E-state index >= 15 is 0 Å². The third-order valence-electron chi connectivity index (χ3n) is 3.68. The van der Waals surface area contributed by atoms with Gasteiger partial charge in [-0.25, -0.2) is 0 Å². The maximum Gasteiger partial charge on any atom is 0.119 e. The van der Waals surface area contributed by atoms with Crippen LogP contribution in [0.2, 0.25) is 0 Å². The number of aliphatic hydroxyl groups is 1. The Morgan fingerprint density at radius 1 is 1.09 bits per heavy atom. The molecular formula is C20H27NO2. The van der Waals surface area contributed by atoms with Gasteiger partial charge in [0.05, 0.1) is 0 Å². The molecule has 0 saturated heterocycles. The third-order valence-corrected chi connectivity index (χ3v) is 3.68. The van der Waals surface area contributed by atoms with Crippen LogP contribution >= 0.6 is 0 Å².